The first-order valence-electron chi connectivity index (χ1n) is 10.1. The van der Waals surface area contributed by atoms with E-state index in [1.807, 2.05) is 0 Å². The quantitative estimate of drug-likeness (QED) is 0.189. The zero-order valence-electron chi connectivity index (χ0n) is 17.6. The number of aryl methyl sites for hydroxylation is 2. The standard InChI is InChI=1S/C28H20Br4/c1-17-15-21(7-13-25(17)31)28(22-8-14-26(32)18(2)16-22)27(19-3-9-23(29)10-4-19)20-5-11-24(30)12-6-20/h3-16H,1-2H3. The Labute approximate surface area is 223 Å². The molecule has 0 nitrogen and oxygen atoms in total. The Bertz CT molecular complexity index is 1200. The van der Waals surface area contributed by atoms with Gasteiger partial charge in [0.25, 0.3) is 0 Å². The summed E-state index contributed by atoms with van der Waals surface area (Å²) in [6.07, 6.45) is 0. The van der Waals surface area contributed by atoms with Crippen molar-refractivity contribution in [2.75, 3.05) is 0 Å². The predicted molar refractivity (Wildman–Crippen MR) is 151 cm³/mol. The molecular weight excluding hydrogens is 656 g/mol. The first-order chi connectivity index (χ1) is 15.3. The fourth-order valence-corrected chi connectivity index (χ4v) is 4.77. The van der Waals surface area contributed by atoms with Crippen molar-refractivity contribution < 1.29 is 0 Å². The molecule has 0 bridgehead atoms. The van der Waals surface area contributed by atoms with Gasteiger partial charge in [-0.3, -0.25) is 0 Å². The Hall–Kier alpha value is -1.46. The summed E-state index contributed by atoms with van der Waals surface area (Å²) in [7, 11) is 0. The van der Waals surface area contributed by atoms with Crippen molar-refractivity contribution in [1.29, 1.82) is 0 Å². The minimum absolute atomic E-state index is 1.07. The second-order valence-corrected chi connectivity index (χ2v) is 11.2. The Morgan fingerprint density at radius 1 is 0.438 bits per heavy atom. The van der Waals surface area contributed by atoms with Crippen LogP contribution in [0.25, 0.3) is 11.1 Å². The summed E-state index contributed by atoms with van der Waals surface area (Å²) in [5, 5.41) is 0. The van der Waals surface area contributed by atoms with Gasteiger partial charge in [0.15, 0.2) is 0 Å². The van der Waals surface area contributed by atoms with Gasteiger partial charge in [0.2, 0.25) is 0 Å². The monoisotopic (exact) mass is 672 g/mol. The van der Waals surface area contributed by atoms with Gasteiger partial charge in [-0.2, -0.15) is 0 Å². The third-order valence-electron chi connectivity index (χ3n) is 5.41. The highest BCUT2D eigenvalue weighted by atomic mass is 79.9. The maximum Gasteiger partial charge on any atom is 0.0204 e. The zero-order valence-corrected chi connectivity index (χ0v) is 23.9. The maximum absolute atomic E-state index is 3.67. The Balaban J connectivity index is 2.12. The van der Waals surface area contributed by atoms with Gasteiger partial charge in [-0.1, -0.05) is 112 Å². The Morgan fingerprint density at radius 2 is 0.750 bits per heavy atom. The molecule has 0 aromatic heterocycles. The molecule has 0 spiro atoms. The van der Waals surface area contributed by atoms with Crippen LogP contribution in [0.3, 0.4) is 0 Å². The second kappa shape index (κ2) is 10.2. The van der Waals surface area contributed by atoms with Crippen molar-refractivity contribution in [3.05, 3.63) is 136 Å². The third kappa shape index (κ3) is 5.20. The fourth-order valence-electron chi connectivity index (χ4n) is 3.74. The summed E-state index contributed by atoms with van der Waals surface area (Å²) in [5.41, 5.74) is 9.55. The van der Waals surface area contributed by atoms with Crippen LogP contribution in [0.5, 0.6) is 0 Å². The van der Waals surface area contributed by atoms with Crippen LogP contribution in [0.15, 0.2) is 103 Å². The predicted octanol–water partition coefficient (Wildman–Crippen LogP) is 10.4. The lowest BCUT2D eigenvalue weighted by molar-refractivity contribution is 1.38. The highest BCUT2D eigenvalue weighted by Crippen LogP contribution is 2.39. The van der Waals surface area contributed by atoms with Crippen molar-refractivity contribution in [2.45, 2.75) is 13.8 Å². The first-order valence-corrected chi connectivity index (χ1v) is 13.3. The normalized spacial score (nSPS) is 10.8. The minimum Gasteiger partial charge on any atom is -0.0532 e. The van der Waals surface area contributed by atoms with Crippen LogP contribution < -0.4 is 0 Å². The van der Waals surface area contributed by atoms with E-state index < -0.39 is 0 Å². The van der Waals surface area contributed by atoms with Gasteiger partial charge in [0.05, 0.1) is 0 Å². The number of halogens is 4. The molecule has 0 radical (unpaired) electrons. The van der Waals surface area contributed by atoms with E-state index in [0.717, 1.165) is 17.9 Å². The summed E-state index contributed by atoms with van der Waals surface area (Å²) >= 11 is 14.5. The second-order valence-electron chi connectivity index (χ2n) is 7.69. The van der Waals surface area contributed by atoms with E-state index in [-0.39, 0.29) is 0 Å². The van der Waals surface area contributed by atoms with E-state index in [2.05, 4.69) is 162 Å². The summed E-state index contributed by atoms with van der Waals surface area (Å²) in [6.45, 7) is 4.27. The molecule has 0 aliphatic rings. The van der Waals surface area contributed by atoms with Gasteiger partial charge in [0, 0.05) is 17.9 Å². The van der Waals surface area contributed by atoms with Crippen LogP contribution in [-0.2, 0) is 0 Å². The third-order valence-corrected chi connectivity index (χ3v) is 8.25. The maximum atomic E-state index is 3.67. The molecule has 0 aliphatic carbocycles. The van der Waals surface area contributed by atoms with Crippen molar-refractivity contribution in [3.8, 4) is 0 Å². The molecule has 4 aromatic carbocycles. The summed E-state index contributed by atoms with van der Waals surface area (Å²) in [5.74, 6) is 0. The molecule has 4 aromatic rings. The average molecular weight is 676 g/mol. The lowest BCUT2D eigenvalue weighted by atomic mass is 9.85. The highest BCUT2D eigenvalue weighted by molar-refractivity contribution is 9.11. The van der Waals surface area contributed by atoms with Gasteiger partial charge >= 0.3 is 0 Å². The molecule has 0 saturated carbocycles. The average Bonchev–Trinajstić information content (AvgIpc) is 2.78. The number of hydrogen-bond donors (Lipinski definition) is 0. The molecule has 0 unspecified atom stereocenters. The largest absolute Gasteiger partial charge is 0.0532 e. The van der Waals surface area contributed by atoms with E-state index >= 15 is 0 Å². The first kappa shape index (κ1) is 23.7. The van der Waals surface area contributed by atoms with Gasteiger partial charge in [-0.25, -0.2) is 0 Å². The molecule has 0 atom stereocenters. The molecule has 0 saturated heterocycles. The highest BCUT2D eigenvalue weighted by Gasteiger charge is 2.17. The molecule has 160 valence electrons. The number of benzene rings is 4. The zero-order chi connectivity index (χ0) is 22.8. The molecule has 0 N–H and O–H groups in total. The lowest BCUT2D eigenvalue weighted by Gasteiger charge is -2.19. The summed E-state index contributed by atoms with van der Waals surface area (Å²) in [4.78, 5) is 0. The molecule has 32 heavy (non-hydrogen) atoms. The van der Waals surface area contributed by atoms with E-state index in [0.29, 0.717) is 0 Å². The minimum atomic E-state index is 1.07. The van der Waals surface area contributed by atoms with Crippen molar-refractivity contribution in [3.63, 3.8) is 0 Å². The number of hydrogen-bond acceptors (Lipinski definition) is 0. The van der Waals surface area contributed by atoms with Crippen LogP contribution in [0, 0.1) is 13.8 Å². The SMILES string of the molecule is Cc1cc(C(=C(c2ccc(Br)cc2)c2ccc(Br)cc2)c2ccc(Br)c(C)c2)ccc1Br. The van der Waals surface area contributed by atoms with Crippen molar-refractivity contribution >= 4 is 74.9 Å². The van der Waals surface area contributed by atoms with Crippen LogP contribution in [-0.4, -0.2) is 0 Å². The van der Waals surface area contributed by atoms with Crippen LogP contribution in [0.2, 0.25) is 0 Å². The lowest BCUT2D eigenvalue weighted by Crippen LogP contribution is -1.99. The molecule has 0 fully saturated rings. The van der Waals surface area contributed by atoms with E-state index in [4.69, 9.17) is 0 Å². The van der Waals surface area contributed by atoms with Crippen molar-refractivity contribution in [2.24, 2.45) is 0 Å². The number of rotatable bonds is 4. The molecular formula is C28H20Br4. The molecule has 4 rings (SSSR count). The summed E-state index contributed by atoms with van der Waals surface area (Å²) in [6, 6.07) is 30.3. The van der Waals surface area contributed by atoms with E-state index in [9.17, 15) is 0 Å². The van der Waals surface area contributed by atoms with Crippen molar-refractivity contribution in [1.82, 2.24) is 0 Å². The van der Waals surface area contributed by atoms with Crippen LogP contribution in [0.1, 0.15) is 33.4 Å². The molecule has 0 amide bonds. The molecule has 4 heteroatoms. The topological polar surface area (TPSA) is 0 Å². The Morgan fingerprint density at radius 3 is 1.09 bits per heavy atom. The fraction of sp³-hybridized carbons (Fsp3) is 0.0714. The van der Waals surface area contributed by atoms with Gasteiger partial charge < -0.3 is 0 Å². The van der Waals surface area contributed by atoms with E-state index in [1.165, 1.54) is 44.5 Å². The van der Waals surface area contributed by atoms with Crippen LogP contribution in [0.4, 0.5) is 0 Å². The smallest absolute Gasteiger partial charge is 0.0204 e. The van der Waals surface area contributed by atoms with E-state index in [1.54, 1.807) is 0 Å². The molecule has 0 aliphatic heterocycles. The van der Waals surface area contributed by atoms with Gasteiger partial charge in [-0.05, 0) is 94.8 Å². The Kier molecular flexibility index (Phi) is 7.56. The van der Waals surface area contributed by atoms with Gasteiger partial charge in [0.1, 0.15) is 0 Å². The van der Waals surface area contributed by atoms with Gasteiger partial charge in [-0.15, -0.1) is 0 Å². The summed E-state index contributed by atoms with van der Waals surface area (Å²) < 4.78 is 4.36. The molecule has 0 heterocycles. The van der Waals surface area contributed by atoms with Crippen LogP contribution >= 0.6 is 63.7 Å².